The molecule has 0 aliphatic heterocycles. The first-order chi connectivity index (χ1) is 8.18. The van der Waals surface area contributed by atoms with Crippen LogP contribution in [0.25, 0.3) is 0 Å². The molecule has 0 amide bonds. The van der Waals surface area contributed by atoms with Gasteiger partial charge in [0, 0.05) is 23.8 Å². The predicted molar refractivity (Wildman–Crippen MR) is 76.6 cm³/mol. The number of hydrogen-bond acceptors (Lipinski definition) is 2. The molecule has 1 aromatic heterocycles. The van der Waals surface area contributed by atoms with Crippen LogP contribution < -0.4 is 4.90 Å². The maximum atomic E-state index is 4.52. The van der Waals surface area contributed by atoms with Crippen LogP contribution in [-0.4, -0.2) is 18.1 Å². The number of aromatic nitrogens is 1. The van der Waals surface area contributed by atoms with Crippen molar-refractivity contribution in [2.24, 2.45) is 0 Å². The Labute approximate surface area is 113 Å². The van der Waals surface area contributed by atoms with E-state index in [-0.39, 0.29) is 0 Å². The van der Waals surface area contributed by atoms with Gasteiger partial charge in [0.05, 0.1) is 0 Å². The Bertz CT molecular complexity index is 370. The zero-order valence-corrected chi connectivity index (χ0v) is 12.3. The average Bonchev–Trinajstić information content (AvgIpc) is 2.60. The molecule has 17 heavy (non-hydrogen) atoms. The molecule has 94 valence electrons. The van der Waals surface area contributed by atoms with Crippen molar-refractivity contribution in [2.75, 3.05) is 11.9 Å². The number of hydrogen-bond donors (Lipinski definition) is 0. The van der Waals surface area contributed by atoms with Gasteiger partial charge in [0.2, 0.25) is 0 Å². The van der Waals surface area contributed by atoms with E-state index in [2.05, 4.69) is 45.9 Å². The summed E-state index contributed by atoms with van der Waals surface area (Å²) in [5, 5.41) is 0. The summed E-state index contributed by atoms with van der Waals surface area (Å²) < 4.78 is 1.09. The third kappa shape index (κ3) is 3.21. The highest BCUT2D eigenvalue weighted by atomic mass is 79.9. The largest absolute Gasteiger partial charge is 0.357 e. The van der Waals surface area contributed by atoms with Crippen LogP contribution in [0.15, 0.2) is 16.7 Å². The van der Waals surface area contributed by atoms with Crippen molar-refractivity contribution in [2.45, 2.75) is 51.5 Å². The van der Waals surface area contributed by atoms with Crippen molar-refractivity contribution >= 4 is 21.7 Å². The van der Waals surface area contributed by atoms with Gasteiger partial charge in [-0.3, -0.25) is 0 Å². The summed E-state index contributed by atoms with van der Waals surface area (Å²) in [5.74, 6) is 1.11. The molecule has 1 fully saturated rings. The third-order valence-electron chi connectivity index (χ3n) is 3.77. The molecule has 2 nitrogen and oxygen atoms in total. The predicted octanol–water partition coefficient (Wildman–Crippen LogP) is 4.31. The van der Waals surface area contributed by atoms with Crippen LogP contribution in [0.2, 0.25) is 0 Å². The van der Waals surface area contributed by atoms with Crippen LogP contribution in [0.5, 0.6) is 0 Å². The van der Waals surface area contributed by atoms with Gasteiger partial charge in [-0.1, -0.05) is 25.7 Å². The first-order valence-corrected chi connectivity index (χ1v) is 7.33. The smallest absolute Gasteiger partial charge is 0.128 e. The van der Waals surface area contributed by atoms with E-state index in [1.54, 1.807) is 0 Å². The van der Waals surface area contributed by atoms with Crippen molar-refractivity contribution in [3.63, 3.8) is 0 Å². The van der Waals surface area contributed by atoms with Crippen LogP contribution in [0, 0.1) is 6.92 Å². The van der Waals surface area contributed by atoms with Gasteiger partial charge >= 0.3 is 0 Å². The van der Waals surface area contributed by atoms with E-state index >= 15 is 0 Å². The van der Waals surface area contributed by atoms with Crippen molar-refractivity contribution in [3.8, 4) is 0 Å². The third-order valence-corrected chi connectivity index (χ3v) is 4.60. The van der Waals surface area contributed by atoms with E-state index in [0.717, 1.165) is 10.3 Å². The molecule has 1 aliphatic rings. The van der Waals surface area contributed by atoms with Gasteiger partial charge in [-0.2, -0.15) is 0 Å². The number of nitrogens with zero attached hydrogens (tertiary/aromatic N) is 2. The van der Waals surface area contributed by atoms with Crippen molar-refractivity contribution in [1.29, 1.82) is 0 Å². The molecule has 0 saturated heterocycles. The summed E-state index contributed by atoms with van der Waals surface area (Å²) in [6, 6.07) is 2.85. The molecule has 1 aromatic rings. The molecule has 0 bridgehead atoms. The highest BCUT2D eigenvalue weighted by molar-refractivity contribution is 9.10. The van der Waals surface area contributed by atoms with Crippen molar-refractivity contribution in [3.05, 3.63) is 22.3 Å². The molecule has 0 spiro atoms. The summed E-state index contributed by atoms with van der Waals surface area (Å²) in [7, 11) is 2.19. The van der Waals surface area contributed by atoms with Crippen LogP contribution in [0.3, 0.4) is 0 Å². The average molecular weight is 297 g/mol. The fraction of sp³-hybridized carbons (Fsp3) is 0.643. The fourth-order valence-corrected chi connectivity index (χ4v) is 2.77. The fourth-order valence-electron chi connectivity index (χ4n) is 2.55. The summed E-state index contributed by atoms with van der Waals surface area (Å²) in [6.45, 7) is 2.12. The summed E-state index contributed by atoms with van der Waals surface area (Å²) in [4.78, 5) is 6.89. The molecular weight excluding hydrogens is 276 g/mol. The first kappa shape index (κ1) is 12.9. The Hall–Kier alpha value is -0.570. The zero-order chi connectivity index (χ0) is 12.3. The molecule has 2 rings (SSSR count). The topological polar surface area (TPSA) is 16.1 Å². The molecule has 0 aromatic carbocycles. The van der Waals surface area contributed by atoms with Crippen LogP contribution >= 0.6 is 15.9 Å². The van der Waals surface area contributed by atoms with Crippen LogP contribution in [0.4, 0.5) is 5.82 Å². The summed E-state index contributed by atoms with van der Waals surface area (Å²) in [6.07, 6.45) is 10.1. The van der Waals surface area contributed by atoms with E-state index in [4.69, 9.17) is 0 Å². The summed E-state index contributed by atoms with van der Waals surface area (Å²) >= 11 is 3.51. The standard InChI is InChI=1S/C14H21BrN2/c1-11-9-14(16-10-13(11)15)17(2)12-7-5-3-4-6-8-12/h9-10,12H,3-8H2,1-2H3. The lowest BCUT2D eigenvalue weighted by Crippen LogP contribution is -2.31. The van der Waals surface area contributed by atoms with Gasteiger partial charge in [-0.25, -0.2) is 4.98 Å². The second-order valence-corrected chi connectivity index (χ2v) is 5.90. The lowest BCUT2D eigenvalue weighted by molar-refractivity contribution is 0.549. The van der Waals surface area contributed by atoms with Gasteiger partial charge in [-0.15, -0.1) is 0 Å². The lowest BCUT2D eigenvalue weighted by Gasteiger charge is -2.28. The maximum Gasteiger partial charge on any atom is 0.128 e. The number of halogens is 1. The van der Waals surface area contributed by atoms with Crippen LogP contribution in [0.1, 0.15) is 44.1 Å². The maximum absolute atomic E-state index is 4.52. The van der Waals surface area contributed by atoms with E-state index in [1.807, 2.05) is 6.20 Å². The second-order valence-electron chi connectivity index (χ2n) is 5.05. The minimum absolute atomic E-state index is 0.672. The Morgan fingerprint density at radius 1 is 1.24 bits per heavy atom. The van der Waals surface area contributed by atoms with Crippen molar-refractivity contribution in [1.82, 2.24) is 4.98 Å². The molecule has 0 atom stereocenters. The van der Waals surface area contributed by atoms with Gasteiger partial charge in [0.25, 0.3) is 0 Å². The number of rotatable bonds is 2. The first-order valence-electron chi connectivity index (χ1n) is 6.53. The number of anilines is 1. The van der Waals surface area contributed by atoms with Gasteiger partial charge in [0.15, 0.2) is 0 Å². The Morgan fingerprint density at radius 2 is 1.88 bits per heavy atom. The van der Waals surface area contributed by atoms with Gasteiger partial charge in [-0.05, 0) is 47.3 Å². The monoisotopic (exact) mass is 296 g/mol. The SMILES string of the molecule is Cc1cc(N(C)C2CCCCCC2)ncc1Br. The van der Waals surface area contributed by atoms with Crippen LogP contribution in [-0.2, 0) is 0 Å². The van der Waals surface area contributed by atoms with E-state index in [9.17, 15) is 0 Å². The number of pyridine rings is 1. The highest BCUT2D eigenvalue weighted by Crippen LogP contribution is 2.26. The number of aryl methyl sites for hydroxylation is 1. The minimum atomic E-state index is 0.672. The molecule has 0 radical (unpaired) electrons. The molecule has 3 heteroatoms. The van der Waals surface area contributed by atoms with Crippen molar-refractivity contribution < 1.29 is 0 Å². The van der Waals surface area contributed by atoms with E-state index < -0.39 is 0 Å². The molecule has 1 aliphatic carbocycles. The summed E-state index contributed by atoms with van der Waals surface area (Å²) in [5.41, 5.74) is 1.26. The minimum Gasteiger partial charge on any atom is -0.357 e. The molecule has 0 unspecified atom stereocenters. The molecule has 1 saturated carbocycles. The van der Waals surface area contributed by atoms with E-state index in [1.165, 1.54) is 44.1 Å². The molecular formula is C14H21BrN2. The molecule has 0 N–H and O–H groups in total. The quantitative estimate of drug-likeness (QED) is 0.756. The zero-order valence-electron chi connectivity index (χ0n) is 10.7. The molecule has 1 heterocycles. The Balaban J connectivity index is 2.11. The lowest BCUT2D eigenvalue weighted by atomic mass is 10.1. The normalized spacial score (nSPS) is 17.8. The van der Waals surface area contributed by atoms with E-state index in [0.29, 0.717) is 6.04 Å². The Morgan fingerprint density at radius 3 is 2.47 bits per heavy atom. The second kappa shape index (κ2) is 5.85. The van der Waals surface area contributed by atoms with Gasteiger partial charge < -0.3 is 4.90 Å². The Kier molecular flexibility index (Phi) is 4.43. The van der Waals surface area contributed by atoms with Gasteiger partial charge in [0.1, 0.15) is 5.82 Å². The highest BCUT2D eigenvalue weighted by Gasteiger charge is 2.18.